The number of rotatable bonds is 5. The molecule has 2 aromatic rings. The fraction of sp³-hybridized carbons (Fsp3) is 0.529. The van der Waals surface area contributed by atoms with Crippen molar-refractivity contribution in [1.29, 1.82) is 0 Å². The van der Waals surface area contributed by atoms with Crippen molar-refractivity contribution in [3.05, 3.63) is 30.1 Å². The van der Waals surface area contributed by atoms with Gasteiger partial charge in [-0.3, -0.25) is 4.79 Å². The standard InChI is InChI=1S/C17H24N2O2/c1-12(10-17(2,3)4)9-15-18-13-7-5-6-8-14(13)19(15)11-16(20)21/h5-8,12H,9-11H2,1-4H3,(H,20,21). The highest BCUT2D eigenvalue weighted by Crippen LogP contribution is 2.27. The molecule has 1 unspecified atom stereocenters. The maximum atomic E-state index is 11.1. The van der Waals surface area contributed by atoms with Crippen molar-refractivity contribution in [2.24, 2.45) is 11.3 Å². The lowest BCUT2D eigenvalue weighted by atomic mass is 9.84. The van der Waals surface area contributed by atoms with Crippen LogP contribution in [0.5, 0.6) is 0 Å². The van der Waals surface area contributed by atoms with Gasteiger partial charge in [0.2, 0.25) is 0 Å². The van der Waals surface area contributed by atoms with Gasteiger partial charge >= 0.3 is 5.97 Å². The first-order valence-corrected chi connectivity index (χ1v) is 7.42. The van der Waals surface area contributed by atoms with Gasteiger partial charge in [-0.25, -0.2) is 4.98 Å². The summed E-state index contributed by atoms with van der Waals surface area (Å²) < 4.78 is 1.83. The Morgan fingerprint density at radius 2 is 2.00 bits per heavy atom. The van der Waals surface area contributed by atoms with E-state index in [1.54, 1.807) is 0 Å². The molecule has 2 rings (SSSR count). The van der Waals surface area contributed by atoms with E-state index in [2.05, 4.69) is 32.7 Å². The van der Waals surface area contributed by atoms with E-state index in [-0.39, 0.29) is 12.0 Å². The van der Waals surface area contributed by atoms with Crippen LogP contribution in [0.2, 0.25) is 0 Å². The predicted octanol–water partition coefficient (Wildman–Crippen LogP) is 3.74. The predicted molar refractivity (Wildman–Crippen MR) is 84.3 cm³/mol. The van der Waals surface area contributed by atoms with E-state index in [1.165, 1.54) is 0 Å². The minimum Gasteiger partial charge on any atom is -0.480 e. The number of nitrogens with zero attached hydrogens (tertiary/aromatic N) is 2. The van der Waals surface area contributed by atoms with Crippen molar-refractivity contribution in [2.75, 3.05) is 0 Å². The highest BCUT2D eigenvalue weighted by molar-refractivity contribution is 5.78. The van der Waals surface area contributed by atoms with Crippen LogP contribution in [0.3, 0.4) is 0 Å². The number of benzene rings is 1. The number of aromatic nitrogens is 2. The molecule has 1 aromatic carbocycles. The third-order valence-electron chi connectivity index (χ3n) is 3.52. The summed E-state index contributed by atoms with van der Waals surface area (Å²) in [7, 11) is 0. The van der Waals surface area contributed by atoms with Gasteiger partial charge in [-0.05, 0) is 29.9 Å². The van der Waals surface area contributed by atoms with Crippen molar-refractivity contribution >= 4 is 17.0 Å². The molecule has 0 aliphatic heterocycles. The summed E-state index contributed by atoms with van der Waals surface area (Å²) in [6, 6.07) is 7.72. The number of aliphatic carboxylic acids is 1. The van der Waals surface area contributed by atoms with Gasteiger partial charge in [0.25, 0.3) is 0 Å². The number of carboxylic acids is 1. The van der Waals surface area contributed by atoms with E-state index < -0.39 is 5.97 Å². The number of para-hydroxylation sites is 2. The number of imidazole rings is 1. The van der Waals surface area contributed by atoms with Crippen LogP contribution in [-0.4, -0.2) is 20.6 Å². The average molecular weight is 288 g/mol. The summed E-state index contributed by atoms with van der Waals surface area (Å²) in [5.41, 5.74) is 2.04. The Bertz CT molecular complexity index is 638. The van der Waals surface area contributed by atoms with Gasteiger partial charge in [0.05, 0.1) is 11.0 Å². The first kappa shape index (κ1) is 15.5. The van der Waals surface area contributed by atoms with Crippen molar-refractivity contribution < 1.29 is 9.90 Å². The van der Waals surface area contributed by atoms with Gasteiger partial charge in [-0.2, -0.15) is 0 Å². The Morgan fingerprint density at radius 3 is 2.62 bits per heavy atom. The molecule has 0 saturated carbocycles. The van der Waals surface area contributed by atoms with Gasteiger partial charge in [0.1, 0.15) is 12.4 Å². The molecular formula is C17H24N2O2. The fourth-order valence-electron chi connectivity index (χ4n) is 3.02. The quantitative estimate of drug-likeness (QED) is 0.912. The van der Waals surface area contributed by atoms with E-state index in [9.17, 15) is 4.79 Å². The molecule has 1 N–H and O–H groups in total. The third kappa shape index (κ3) is 4.06. The molecule has 1 heterocycles. The van der Waals surface area contributed by atoms with Crippen LogP contribution in [0.4, 0.5) is 0 Å². The van der Waals surface area contributed by atoms with Gasteiger partial charge in [0, 0.05) is 6.42 Å². The smallest absolute Gasteiger partial charge is 0.323 e. The fourth-order valence-corrected chi connectivity index (χ4v) is 3.02. The molecule has 0 fully saturated rings. The molecule has 4 heteroatoms. The molecule has 114 valence electrons. The van der Waals surface area contributed by atoms with E-state index >= 15 is 0 Å². The van der Waals surface area contributed by atoms with Crippen LogP contribution in [0, 0.1) is 11.3 Å². The molecule has 4 nitrogen and oxygen atoms in total. The van der Waals surface area contributed by atoms with Gasteiger partial charge in [-0.15, -0.1) is 0 Å². The Hall–Kier alpha value is -1.84. The van der Waals surface area contributed by atoms with E-state index in [4.69, 9.17) is 5.11 Å². The largest absolute Gasteiger partial charge is 0.480 e. The third-order valence-corrected chi connectivity index (χ3v) is 3.52. The van der Waals surface area contributed by atoms with Crippen LogP contribution >= 0.6 is 0 Å². The van der Waals surface area contributed by atoms with Gasteiger partial charge in [0.15, 0.2) is 0 Å². The summed E-state index contributed by atoms with van der Waals surface area (Å²) in [4.78, 5) is 15.8. The summed E-state index contributed by atoms with van der Waals surface area (Å²) in [5, 5.41) is 9.14. The summed E-state index contributed by atoms with van der Waals surface area (Å²) in [5.74, 6) is 0.507. The molecule has 21 heavy (non-hydrogen) atoms. The number of fused-ring (bicyclic) bond motifs is 1. The number of hydrogen-bond donors (Lipinski definition) is 1. The summed E-state index contributed by atoms with van der Waals surface area (Å²) in [6.45, 7) is 8.85. The second-order valence-corrected chi connectivity index (χ2v) is 7.07. The number of carbonyl (C=O) groups is 1. The molecule has 0 spiro atoms. The Kier molecular flexibility index (Phi) is 4.35. The van der Waals surface area contributed by atoms with Crippen LogP contribution in [0.1, 0.15) is 39.9 Å². The minimum absolute atomic E-state index is 0.0297. The second-order valence-electron chi connectivity index (χ2n) is 7.07. The molecule has 0 saturated heterocycles. The molecule has 0 amide bonds. The topological polar surface area (TPSA) is 55.1 Å². The first-order valence-electron chi connectivity index (χ1n) is 7.42. The maximum absolute atomic E-state index is 11.1. The lowest BCUT2D eigenvalue weighted by Crippen LogP contribution is -2.17. The molecule has 0 aliphatic rings. The first-order chi connectivity index (χ1) is 9.76. The van der Waals surface area contributed by atoms with Crippen LogP contribution in [-0.2, 0) is 17.8 Å². The molecular weight excluding hydrogens is 264 g/mol. The Balaban J connectivity index is 2.31. The van der Waals surface area contributed by atoms with Crippen molar-refractivity contribution in [3.8, 4) is 0 Å². The average Bonchev–Trinajstić information content (AvgIpc) is 2.64. The summed E-state index contributed by atoms with van der Waals surface area (Å²) >= 11 is 0. The van der Waals surface area contributed by atoms with E-state index in [0.717, 1.165) is 29.7 Å². The van der Waals surface area contributed by atoms with Crippen molar-refractivity contribution in [1.82, 2.24) is 9.55 Å². The van der Waals surface area contributed by atoms with Gasteiger partial charge < -0.3 is 9.67 Å². The van der Waals surface area contributed by atoms with E-state index in [1.807, 2.05) is 28.8 Å². The molecule has 0 aliphatic carbocycles. The van der Waals surface area contributed by atoms with Crippen molar-refractivity contribution in [2.45, 2.75) is 47.1 Å². The normalized spacial score (nSPS) is 13.5. The Labute approximate surface area is 125 Å². The van der Waals surface area contributed by atoms with Crippen LogP contribution in [0.15, 0.2) is 24.3 Å². The molecule has 0 radical (unpaired) electrons. The van der Waals surface area contributed by atoms with Gasteiger partial charge in [-0.1, -0.05) is 39.8 Å². The highest BCUT2D eigenvalue weighted by atomic mass is 16.4. The SMILES string of the molecule is CC(Cc1nc2ccccc2n1CC(=O)O)CC(C)(C)C. The van der Waals surface area contributed by atoms with Crippen LogP contribution < -0.4 is 0 Å². The number of carboxylic acid groups (broad SMARTS) is 1. The molecule has 1 aromatic heterocycles. The van der Waals surface area contributed by atoms with E-state index in [0.29, 0.717) is 5.92 Å². The van der Waals surface area contributed by atoms with Crippen LogP contribution in [0.25, 0.3) is 11.0 Å². The second kappa shape index (κ2) is 5.88. The zero-order valence-electron chi connectivity index (χ0n) is 13.3. The lowest BCUT2D eigenvalue weighted by Gasteiger charge is -2.23. The molecule has 1 atom stereocenters. The number of hydrogen-bond acceptors (Lipinski definition) is 2. The lowest BCUT2D eigenvalue weighted by molar-refractivity contribution is -0.137. The summed E-state index contributed by atoms with van der Waals surface area (Å²) in [6.07, 6.45) is 1.89. The monoisotopic (exact) mass is 288 g/mol. The highest BCUT2D eigenvalue weighted by Gasteiger charge is 2.19. The zero-order chi connectivity index (χ0) is 15.6. The maximum Gasteiger partial charge on any atom is 0.323 e. The van der Waals surface area contributed by atoms with Crippen molar-refractivity contribution in [3.63, 3.8) is 0 Å². The minimum atomic E-state index is -0.831. The molecule has 0 bridgehead atoms. The Morgan fingerprint density at radius 1 is 1.33 bits per heavy atom. The zero-order valence-corrected chi connectivity index (χ0v) is 13.3.